The molecule has 1 fully saturated rings. The molecule has 2 aromatic rings. The van der Waals surface area contributed by atoms with E-state index in [1.165, 1.54) is 19.1 Å². The number of amides is 1. The first-order valence-electron chi connectivity index (χ1n) is 9.02. The number of nitrogens with two attached hydrogens (primary N) is 1. The van der Waals surface area contributed by atoms with Crippen LogP contribution < -0.4 is 10.5 Å². The van der Waals surface area contributed by atoms with Gasteiger partial charge in [0.15, 0.2) is 11.5 Å². The molecule has 3 N–H and O–H groups in total. The van der Waals surface area contributed by atoms with Gasteiger partial charge in [-0.05, 0) is 36.2 Å². The van der Waals surface area contributed by atoms with Crippen LogP contribution in [-0.2, 0) is 21.4 Å². The zero-order chi connectivity index (χ0) is 21.9. The summed E-state index contributed by atoms with van der Waals surface area (Å²) in [6, 6.07) is 3.80. The van der Waals surface area contributed by atoms with E-state index in [0.29, 0.717) is 25.9 Å². The molecule has 13 heteroatoms. The van der Waals surface area contributed by atoms with Gasteiger partial charge in [-0.25, -0.2) is 27.2 Å². The quantitative estimate of drug-likeness (QED) is 0.490. The lowest BCUT2D eigenvalue weighted by Crippen LogP contribution is -2.44. The summed E-state index contributed by atoms with van der Waals surface area (Å²) in [4.78, 5) is 17.1. The van der Waals surface area contributed by atoms with Gasteiger partial charge in [-0.3, -0.25) is 4.79 Å². The normalized spacial score (nSPS) is 16.1. The topological polar surface area (TPSA) is 144 Å². The molecule has 3 rings (SSSR count). The number of aromatic nitrogens is 2. The van der Waals surface area contributed by atoms with Crippen LogP contribution in [0.3, 0.4) is 0 Å². The lowest BCUT2D eigenvalue weighted by Gasteiger charge is -2.30. The zero-order valence-corrected chi connectivity index (χ0v) is 17.6. The van der Waals surface area contributed by atoms with Crippen molar-refractivity contribution in [2.45, 2.75) is 31.6 Å². The third-order valence-corrected chi connectivity index (χ3v) is 6.90. The van der Waals surface area contributed by atoms with E-state index in [1.807, 2.05) is 0 Å². The van der Waals surface area contributed by atoms with Crippen molar-refractivity contribution in [2.24, 2.45) is 10.7 Å². The standard InChI is InChI=1S/C17H20ClFN6O4S/c1-10(26)25-6-4-12(5-7-25)30(27,28)21-9-15-16(24-29-23-15)17(20)22-11-2-3-14(19)13(18)8-11/h2-3,8,12,21H,4-7,9H2,1H3,(H2,20,22). The Morgan fingerprint density at radius 1 is 1.40 bits per heavy atom. The summed E-state index contributed by atoms with van der Waals surface area (Å²) < 4.78 is 45.6. The number of sulfonamides is 1. The second kappa shape index (κ2) is 9.06. The van der Waals surface area contributed by atoms with Crippen LogP contribution in [0.15, 0.2) is 27.8 Å². The van der Waals surface area contributed by atoms with Crippen LogP contribution >= 0.6 is 11.6 Å². The number of carbonyl (C=O) groups is 1. The summed E-state index contributed by atoms with van der Waals surface area (Å²) >= 11 is 5.72. The van der Waals surface area contributed by atoms with Gasteiger partial charge in [0, 0.05) is 20.0 Å². The number of carbonyl (C=O) groups excluding carboxylic acids is 1. The van der Waals surface area contributed by atoms with Crippen LogP contribution in [-0.4, -0.2) is 53.7 Å². The SMILES string of the molecule is CC(=O)N1CCC(S(=O)(=O)NCc2nonc2C(N)=Nc2ccc(F)c(Cl)c2)CC1. The maximum absolute atomic E-state index is 13.3. The number of rotatable bonds is 6. The Hall–Kier alpha value is -2.57. The molecule has 1 aromatic heterocycles. The number of aliphatic imine (C=N–C) groups is 1. The van der Waals surface area contributed by atoms with Gasteiger partial charge in [-0.2, -0.15) is 0 Å². The average Bonchev–Trinajstić information content (AvgIpc) is 3.18. The van der Waals surface area contributed by atoms with Gasteiger partial charge in [0.05, 0.1) is 22.5 Å². The van der Waals surface area contributed by atoms with Gasteiger partial charge >= 0.3 is 0 Å². The van der Waals surface area contributed by atoms with Gasteiger partial charge in [0.2, 0.25) is 15.9 Å². The summed E-state index contributed by atoms with van der Waals surface area (Å²) in [7, 11) is -3.66. The van der Waals surface area contributed by atoms with Gasteiger partial charge in [-0.1, -0.05) is 16.8 Å². The van der Waals surface area contributed by atoms with Crippen molar-refractivity contribution >= 4 is 39.1 Å². The molecule has 0 radical (unpaired) electrons. The van der Waals surface area contributed by atoms with E-state index >= 15 is 0 Å². The molecule has 2 heterocycles. The second-order valence-corrected chi connectivity index (χ2v) is 9.18. The van der Waals surface area contributed by atoms with Crippen molar-refractivity contribution in [3.05, 3.63) is 40.4 Å². The van der Waals surface area contributed by atoms with Crippen molar-refractivity contribution in [1.82, 2.24) is 19.9 Å². The largest absolute Gasteiger partial charge is 0.382 e. The molecule has 1 aliphatic rings. The smallest absolute Gasteiger partial charge is 0.219 e. The summed E-state index contributed by atoms with van der Waals surface area (Å²) in [5.41, 5.74) is 6.41. The maximum atomic E-state index is 13.3. The van der Waals surface area contributed by atoms with Gasteiger partial charge in [0.1, 0.15) is 11.5 Å². The van der Waals surface area contributed by atoms with Crippen LogP contribution in [0.5, 0.6) is 0 Å². The number of piperidine rings is 1. The van der Waals surface area contributed by atoms with Crippen LogP contribution in [0, 0.1) is 5.82 Å². The van der Waals surface area contributed by atoms with E-state index in [0.717, 1.165) is 6.07 Å². The molecule has 0 saturated carbocycles. The molecule has 162 valence electrons. The van der Waals surface area contributed by atoms with Crippen molar-refractivity contribution in [3.63, 3.8) is 0 Å². The summed E-state index contributed by atoms with van der Waals surface area (Å²) in [5, 5.41) is 6.61. The minimum absolute atomic E-state index is 0.0598. The Bertz CT molecular complexity index is 1070. The number of hydrogen-bond donors (Lipinski definition) is 2. The molecule has 1 aliphatic heterocycles. The Morgan fingerprint density at radius 3 is 2.73 bits per heavy atom. The average molecular weight is 459 g/mol. The van der Waals surface area contributed by atoms with Crippen molar-refractivity contribution in [3.8, 4) is 0 Å². The molecule has 1 amide bonds. The molecule has 1 aromatic carbocycles. The van der Waals surface area contributed by atoms with E-state index in [1.54, 1.807) is 4.90 Å². The molecule has 0 aliphatic carbocycles. The lowest BCUT2D eigenvalue weighted by molar-refractivity contribution is -0.129. The fourth-order valence-corrected chi connectivity index (χ4v) is 4.61. The van der Waals surface area contributed by atoms with Gasteiger partial charge < -0.3 is 10.6 Å². The van der Waals surface area contributed by atoms with Crippen LogP contribution in [0.4, 0.5) is 10.1 Å². The first-order valence-corrected chi connectivity index (χ1v) is 10.9. The maximum Gasteiger partial charge on any atom is 0.219 e. The summed E-state index contributed by atoms with van der Waals surface area (Å²) in [5.74, 6) is -0.765. The Morgan fingerprint density at radius 2 is 2.10 bits per heavy atom. The highest BCUT2D eigenvalue weighted by molar-refractivity contribution is 7.90. The minimum atomic E-state index is -3.66. The predicted octanol–water partition coefficient (Wildman–Crippen LogP) is 1.33. The number of halogens is 2. The fraction of sp³-hybridized carbons (Fsp3) is 0.412. The summed E-state index contributed by atoms with van der Waals surface area (Å²) in [6.07, 6.45) is 0.682. The number of amidine groups is 1. The number of likely N-dealkylation sites (tertiary alicyclic amines) is 1. The third-order valence-electron chi connectivity index (χ3n) is 4.72. The monoisotopic (exact) mass is 458 g/mol. The van der Waals surface area contributed by atoms with Crippen LogP contribution in [0.1, 0.15) is 31.2 Å². The predicted molar refractivity (Wildman–Crippen MR) is 107 cm³/mol. The number of hydrogen-bond acceptors (Lipinski definition) is 7. The molecule has 0 bridgehead atoms. The number of nitrogens with zero attached hydrogens (tertiary/aromatic N) is 4. The summed E-state index contributed by atoms with van der Waals surface area (Å²) in [6.45, 7) is 2.03. The second-order valence-electron chi connectivity index (χ2n) is 6.73. The molecule has 0 atom stereocenters. The van der Waals surface area contributed by atoms with E-state index in [-0.39, 0.29) is 40.4 Å². The van der Waals surface area contributed by atoms with Gasteiger partial charge in [-0.15, -0.1) is 0 Å². The highest BCUT2D eigenvalue weighted by atomic mass is 35.5. The zero-order valence-electron chi connectivity index (χ0n) is 16.0. The van der Waals surface area contributed by atoms with E-state index < -0.39 is 21.1 Å². The molecule has 10 nitrogen and oxygen atoms in total. The first kappa shape index (κ1) is 22.1. The lowest BCUT2D eigenvalue weighted by atomic mass is 10.1. The van der Waals surface area contributed by atoms with Crippen LogP contribution in [0.2, 0.25) is 5.02 Å². The molecule has 0 unspecified atom stereocenters. The van der Waals surface area contributed by atoms with E-state index in [2.05, 4.69) is 24.7 Å². The molecule has 1 saturated heterocycles. The highest BCUT2D eigenvalue weighted by Crippen LogP contribution is 2.22. The molecular formula is C17H20ClFN6O4S. The van der Waals surface area contributed by atoms with E-state index in [9.17, 15) is 17.6 Å². The van der Waals surface area contributed by atoms with Crippen LogP contribution in [0.25, 0.3) is 0 Å². The highest BCUT2D eigenvalue weighted by Gasteiger charge is 2.31. The molecule has 30 heavy (non-hydrogen) atoms. The number of benzene rings is 1. The van der Waals surface area contributed by atoms with Crippen molar-refractivity contribution in [1.29, 1.82) is 0 Å². The van der Waals surface area contributed by atoms with Gasteiger partial charge in [0.25, 0.3) is 0 Å². The Labute approximate surface area is 177 Å². The Balaban J connectivity index is 1.67. The molecule has 0 spiro atoms. The molecular weight excluding hydrogens is 439 g/mol. The van der Waals surface area contributed by atoms with Crippen molar-refractivity contribution < 1.29 is 22.2 Å². The minimum Gasteiger partial charge on any atom is -0.382 e. The fourth-order valence-electron chi connectivity index (χ4n) is 3.03. The van der Waals surface area contributed by atoms with Crippen molar-refractivity contribution in [2.75, 3.05) is 13.1 Å². The third kappa shape index (κ3) is 5.12. The Kier molecular flexibility index (Phi) is 6.68. The van der Waals surface area contributed by atoms with E-state index in [4.69, 9.17) is 17.3 Å². The first-order chi connectivity index (χ1) is 14.2. The number of nitrogens with one attached hydrogen (secondary N) is 1.